The second-order valence-corrected chi connectivity index (χ2v) is 6.32. The second-order valence-electron chi connectivity index (χ2n) is 5.79. The van der Waals surface area contributed by atoms with Gasteiger partial charge in [0.1, 0.15) is 5.54 Å². The molecule has 2 fully saturated rings. The average Bonchev–Trinajstić information content (AvgIpc) is 2.74. The van der Waals surface area contributed by atoms with E-state index < -0.39 is 11.6 Å². The summed E-state index contributed by atoms with van der Waals surface area (Å²) in [4.78, 5) is 29.7. The number of carbonyl (C=O) groups is 2. The van der Waals surface area contributed by atoms with Crippen molar-refractivity contribution < 1.29 is 9.59 Å². The first-order valence-corrected chi connectivity index (χ1v) is 7.67. The maximum absolute atomic E-state index is 12.0. The van der Waals surface area contributed by atoms with Crippen molar-refractivity contribution in [3.8, 4) is 0 Å². The van der Waals surface area contributed by atoms with Crippen LogP contribution in [-0.4, -0.2) is 55.0 Å². The van der Waals surface area contributed by atoms with Gasteiger partial charge in [0.25, 0.3) is 5.91 Å². The first-order chi connectivity index (χ1) is 10.4. The minimum absolute atomic E-state index is 0. The van der Waals surface area contributed by atoms with Gasteiger partial charge < -0.3 is 15.5 Å². The number of nitrogens with one attached hydrogen (secondary N) is 3. The van der Waals surface area contributed by atoms with Crippen molar-refractivity contribution in [1.82, 2.24) is 20.9 Å². The van der Waals surface area contributed by atoms with Crippen molar-refractivity contribution in [2.24, 2.45) is 10.9 Å². The molecule has 2 aliphatic heterocycles. The Hall–Kier alpha value is -1.03. The van der Waals surface area contributed by atoms with Crippen LogP contribution in [0.5, 0.6) is 0 Å². The molecule has 23 heavy (non-hydrogen) atoms. The number of urea groups is 1. The Morgan fingerprint density at radius 1 is 1.48 bits per heavy atom. The summed E-state index contributed by atoms with van der Waals surface area (Å²) in [5.41, 5.74) is -0.815. The van der Waals surface area contributed by atoms with Gasteiger partial charge >= 0.3 is 6.03 Å². The third-order valence-electron chi connectivity index (χ3n) is 4.33. The Labute approximate surface area is 158 Å². The van der Waals surface area contributed by atoms with Crippen molar-refractivity contribution in [3.05, 3.63) is 11.6 Å². The highest BCUT2D eigenvalue weighted by Crippen LogP contribution is 2.30. The number of imide groups is 1. The minimum atomic E-state index is -0.815. The van der Waals surface area contributed by atoms with E-state index in [1.807, 2.05) is 0 Å². The summed E-state index contributed by atoms with van der Waals surface area (Å²) in [5.74, 6) is 0.638. The average molecular weight is 456 g/mol. The van der Waals surface area contributed by atoms with E-state index in [1.165, 1.54) is 0 Å². The Morgan fingerprint density at radius 2 is 2.09 bits per heavy atom. The van der Waals surface area contributed by atoms with Crippen molar-refractivity contribution in [2.45, 2.75) is 25.3 Å². The molecule has 0 aromatic heterocycles. The molecule has 0 spiro atoms. The Kier molecular flexibility index (Phi) is 7.12. The molecule has 2 rings (SSSR count). The third kappa shape index (κ3) is 4.50. The van der Waals surface area contributed by atoms with Crippen molar-refractivity contribution >= 4 is 53.5 Å². The van der Waals surface area contributed by atoms with E-state index in [0.29, 0.717) is 11.6 Å². The fourth-order valence-corrected chi connectivity index (χ4v) is 3.09. The van der Waals surface area contributed by atoms with Gasteiger partial charge in [-0.05, 0) is 25.7 Å². The van der Waals surface area contributed by atoms with Crippen LogP contribution >= 0.6 is 35.6 Å². The van der Waals surface area contributed by atoms with Gasteiger partial charge in [-0.15, -0.1) is 24.0 Å². The molecule has 3 N–H and O–H groups in total. The maximum Gasteiger partial charge on any atom is 0.322 e. The fraction of sp³-hybridized carbons (Fsp3) is 0.643. The van der Waals surface area contributed by atoms with Crippen LogP contribution in [-0.2, 0) is 4.79 Å². The number of piperidine rings is 1. The van der Waals surface area contributed by atoms with Gasteiger partial charge in [-0.3, -0.25) is 15.1 Å². The van der Waals surface area contributed by atoms with Crippen LogP contribution in [0.25, 0.3) is 0 Å². The van der Waals surface area contributed by atoms with Gasteiger partial charge in [-0.25, -0.2) is 4.79 Å². The molecular formula is C14H23ClIN5O2. The molecule has 2 saturated heterocycles. The number of likely N-dealkylation sites (tertiary alicyclic amines) is 1. The van der Waals surface area contributed by atoms with E-state index in [0.717, 1.165) is 31.9 Å². The molecule has 1 unspecified atom stereocenters. The molecule has 2 aliphatic rings. The number of rotatable bonds is 3. The van der Waals surface area contributed by atoms with Crippen LogP contribution < -0.4 is 16.0 Å². The number of amides is 3. The standard InChI is InChI=1S/C14H22ClN5O2.HI/c1-9(15)8-17-12(16-3)20-6-4-10(5-7-20)14(2)11(21)18-13(22)19-14;/h10H,1,4-8H2,2-3H3,(H,16,17)(H2,18,19,21,22);1H. The summed E-state index contributed by atoms with van der Waals surface area (Å²) >= 11 is 5.76. The van der Waals surface area contributed by atoms with Crippen molar-refractivity contribution in [2.75, 3.05) is 26.7 Å². The quantitative estimate of drug-likeness (QED) is 0.259. The molecule has 0 aromatic carbocycles. The number of carbonyl (C=O) groups excluding carboxylic acids is 2. The Balaban J connectivity index is 0.00000264. The zero-order valence-electron chi connectivity index (χ0n) is 13.3. The largest absolute Gasteiger partial charge is 0.351 e. The molecule has 3 amide bonds. The number of halogens is 2. The number of aliphatic imine (C=N–C) groups is 1. The van der Waals surface area contributed by atoms with Crippen LogP contribution in [0.4, 0.5) is 4.79 Å². The van der Waals surface area contributed by atoms with Crippen LogP contribution in [0, 0.1) is 5.92 Å². The highest BCUT2D eigenvalue weighted by Gasteiger charge is 2.48. The van der Waals surface area contributed by atoms with Gasteiger partial charge in [-0.1, -0.05) is 18.2 Å². The lowest BCUT2D eigenvalue weighted by atomic mass is 9.79. The summed E-state index contributed by atoms with van der Waals surface area (Å²) in [6.07, 6.45) is 1.60. The first-order valence-electron chi connectivity index (χ1n) is 7.29. The smallest absolute Gasteiger partial charge is 0.322 e. The number of nitrogens with zero attached hydrogens (tertiary/aromatic N) is 2. The normalized spacial score (nSPS) is 25.5. The lowest BCUT2D eigenvalue weighted by Crippen LogP contribution is -2.55. The zero-order valence-corrected chi connectivity index (χ0v) is 16.4. The van der Waals surface area contributed by atoms with Gasteiger partial charge in [0.2, 0.25) is 0 Å². The van der Waals surface area contributed by atoms with E-state index in [4.69, 9.17) is 11.6 Å². The van der Waals surface area contributed by atoms with Crippen LogP contribution in [0.2, 0.25) is 0 Å². The zero-order chi connectivity index (χ0) is 16.3. The molecule has 130 valence electrons. The summed E-state index contributed by atoms with van der Waals surface area (Å²) in [7, 11) is 1.72. The summed E-state index contributed by atoms with van der Waals surface area (Å²) in [6.45, 7) is 7.42. The molecule has 1 atom stereocenters. The Bertz CT molecular complexity index is 519. The van der Waals surface area contributed by atoms with Gasteiger partial charge in [0.15, 0.2) is 5.96 Å². The van der Waals surface area contributed by atoms with E-state index in [2.05, 4.69) is 32.4 Å². The topological polar surface area (TPSA) is 85.8 Å². The number of guanidine groups is 1. The van der Waals surface area contributed by atoms with Gasteiger partial charge in [-0.2, -0.15) is 0 Å². The Morgan fingerprint density at radius 3 is 2.52 bits per heavy atom. The predicted octanol–water partition coefficient (Wildman–Crippen LogP) is 1.24. The fourth-order valence-electron chi connectivity index (χ4n) is 3.02. The first kappa shape index (κ1) is 20.0. The molecule has 9 heteroatoms. The van der Waals surface area contributed by atoms with E-state index >= 15 is 0 Å². The van der Waals surface area contributed by atoms with Crippen LogP contribution in [0.3, 0.4) is 0 Å². The van der Waals surface area contributed by atoms with Crippen LogP contribution in [0.1, 0.15) is 19.8 Å². The van der Waals surface area contributed by atoms with E-state index in [9.17, 15) is 9.59 Å². The molecule has 0 aliphatic carbocycles. The summed E-state index contributed by atoms with van der Waals surface area (Å²) in [5, 5.41) is 8.74. The predicted molar refractivity (Wildman–Crippen MR) is 101 cm³/mol. The number of hydrogen-bond acceptors (Lipinski definition) is 3. The van der Waals surface area contributed by atoms with E-state index in [-0.39, 0.29) is 35.8 Å². The molecule has 0 radical (unpaired) electrons. The summed E-state index contributed by atoms with van der Waals surface area (Å²) < 4.78 is 0. The lowest BCUT2D eigenvalue weighted by Gasteiger charge is -2.39. The molecular weight excluding hydrogens is 433 g/mol. The van der Waals surface area contributed by atoms with Crippen LogP contribution in [0.15, 0.2) is 16.6 Å². The summed E-state index contributed by atoms with van der Waals surface area (Å²) in [6, 6.07) is -0.409. The highest BCUT2D eigenvalue weighted by atomic mass is 127. The molecule has 0 saturated carbocycles. The van der Waals surface area contributed by atoms with Crippen molar-refractivity contribution in [1.29, 1.82) is 0 Å². The maximum atomic E-state index is 12.0. The molecule has 0 bridgehead atoms. The molecule has 2 heterocycles. The van der Waals surface area contributed by atoms with Gasteiger partial charge in [0, 0.05) is 25.2 Å². The highest BCUT2D eigenvalue weighted by molar-refractivity contribution is 14.0. The molecule has 0 aromatic rings. The minimum Gasteiger partial charge on any atom is -0.351 e. The lowest BCUT2D eigenvalue weighted by molar-refractivity contribution is -0.125. The number of hydrogen-bond donors (Lipinski definition) is 3. The monoisotopic (exact) mass is 455 g/mol. The van der Waals surface area contributed by atoms with E-state index in [1.54, 1.807) is 14.0 Å². The second kappa shape index (κ2) is 8.18. The van der Waals surface area contributed by atoms with Gasteiger partial charge in [0.05, 0.1) is 6.54 Å². The van der Waals surface area contributed by atoms with Crippen molar-refractivity contribution in [3.63, 3.8) is 0 Å². The third-order valence-corrected chi connectivity index (χ3v) is 4.47. The molecule has 7 nitrogen and oxygen atoms in total. The SMILES string of the molecule is C=C(Cl)CNC(=NC)N1CCC(C2(C)NC(=O)NC2=O)CC1.I.